The van der Waals surface area contributed by atoms with E-state index in [9.17, 15) is 28.1 Å². The number of amides is 1. The van der Waals surface area contributed by atoms with Gasteiger partial charge in [-0.15, -0.1) is 0 Å². The molecule has 0 aliphatic carbocycles. The van der Waals surface area contributed by atoms with Gasteiger partial charge in [-0.3, -0.25) is 15.4 Å². The number of carbonyl (C=O) groups is 1. The Balaban J connectivity index is 2.23. The number of nitro benzene ring substituents is 1. The number of para-hydroxylation sites is 1. The van der Waals surface area contributed by atoms with Gasteiger partial charge in [0, 0.05) is 23.9 Å². The molecule has 1 amide bonds. The SMILES string of the molecule is CC(C)(C)OC(=O)Nc1ccc(NCc2ccccc2[N+](=O)[O-])cc1C(F)(F)F. The Labute approximate surface area is 165 Å². The Kier molecular flexibility index (Phi) is 6.35. The number of carbonyl (C=O) groups excluding carboxylic acids is 1. The van der Waals surface area contributed by atoms with Gasteiger partial charge in [-0.25, -0.2) is 4.79 Å². The van der Waals surface area contributed by atoms with E-state index in [-0.39, 0.29) is 17.9 Å². The predicted octanol–water partition coefficient (Wildman–Crippen LogP) is 5.57. The second-order valence-corrected chi connectivity index (χ2v) is 7.12. The number of ether oxygens (including phenoxy) is 1. The monoisotopic (exact) mass is 411 g/mol. The molecule has 10 heteroatoms. The number of nitrogens with one attached hydrogen (secondary N) is 2. The normalized spacial score (nSPS) is 11.7. The first kappa shape index (κ1) is 22.0. The lowest BCUT2D eigenvalue weighted by Gasteiger charge is -2.21. The van der Waals surface area contributed by atoms with Crippen LogP contribution < -0.4 is 10.6 Å². The maximum absolute atomic E-state index is 13.4. The van der Waals surface area contributed by atoms with E-state index in [2.05, 4.69) is 10.6 Å². The number of nitro groups is 1. The van der Waals surface area contributed by atoms with E-state index in [0.717, 1.165) is 12.1 Å². The van der Waals surface area contributed by atoms with Crippen molar-refractivity contribution in [3.05, 3.63) is 63.7 Å². The number of hydrogen-bond donors (Lipinski definition) is 2. The minimum absolute atomic E-state index is 0.0483. The van der Waals surface area contributed by atoms with E-state index in [0.29, 0.717) is 5.56 Å². The molecule has 2 aromatic carbocycles. The van der Waals surface area contributed by atoms with Crippen LogP contribution in [-0.2, 0) is 17.5 Å². The summed E-state index contributed by atoms with van der Waals surface area (Å²) in [6.07, 6.45) is -5.75. The lowest BCUT2D eigenvalue weighted by molar-refractivity contribution is -0.385. The van der Waals surface area contributed by atoms with Crippen molar-refractivity contribution in [3.63, 3.8) is 0 Å². The minimum Gasteiger partial charge on any atom is -0.444 e. The van der Waals surface area contributed by atoms with Crippen LogP contribution in [0.15, 0.2) is 42.5 Å². The van der Waals surface area contributed by atoms with Gasteiger partial charge >= 0.3 is 12.3 Å². The summed E-state index contributed by atoms with van der Waals surface area (Å²) in [7, 11) is 0. The molecule has 2 rings (SSSR count). The van der Waals surface area contributed by atoms with Crippen LogP contribution in [0.2, 0.25) is 0 Å². The highest BCUT2D eigenvalue weighted by Gasteiger charge is 2.34. The number of alkyl halides is 3. The summed E-state index contributed by atoms with van der Waals surface area (Å²) in [6, 6.07) is 9.16. The molecule has 0 fully saturated rings. The van der Waals surface area contributed by atoms with E-state index in [1.165, 1.54) is 24.3 Å². The smallest absolute Gasteiger partial charge is 0.418 e. The Morgan fingerprint density at radius 2 is 1.79 bits per heavy atom. The average molecular weight is 411 g/mol. The number of rotatable bonds is 5. The Morgan fingerprint density at radius 3 is 2.38 bits per heavy atom. The van der Waals surface area contributed by atoms with E-state index >= 15 is 0 Å². The van der Waals surface area contributed by atoms with Crippen LogP contribution in [0, 0.1) is 10.1 Å². The van der Waals surface area contributed by atoms with Crippen molar-refractivity contribution in [2.24, 2.45) is 0 Å². The van der Waals surface area contributed by atoms with Crippen molar-refractivity contribution in [2.75, 3.05) is 10.6 Å². The van der Waals surface area contributed by atoms with Crippen molar-refractivity contribution >= 4 is 23.2 Å². The van der Waals surface area contributed by atoms with Gasteiger partial charge < -0.3 is 10.1 Å². The highest BCUT2D eigenvalue weighted by Crippen LogP contribution is 2.37. The summed E-state index contributed by atoms with van der Waals surface area (Å²) in [6.45, 7) is 4.72. The van der Waals surface area contributed by atoms with Gasteiger partial charge in [0.15, 0.2) is 0 Å². The van der Waals surface area contributed by atoms with E-state index in [1.54, 1.807) is 26.8 Å². The molecule has 0 spiro atoms. The predicted molar refractivity (Wildman–Crippen MR) is 102 cm³/mol. The van der Waals surface area contributed by atoms with Crippen LogP contribution in [0.1, 0.15) is 31.9 Å². The number of nitrogens with zero attached hydrogens (tertiary/aromatic N) is 1. The fraction of sp³-hybridized carbons (Fsp3) is 0.316. The summed E-state index contributed by atoms with van der Waals surface area (Å²) in [4.78, 5) is 22.3. The Hall–Kier alpha value is -3.30. The van der Waals surface area contributed by atoms with Gasteiger partial charge in [-0.2, -0.15) is 13.2 Å². The third kappa shape index (κ3) is 6.37. The third-order valence-electron chi connectivity index (χ3n) is 3.63. The van der Waals surface area contributed by atoms with E-state index < -0.39 is 34.0 Å². The number of anilines is 2. The maximum Gasteiger partial charge on any atom is 0.418 e. The molecule has 0 aliphatic heterocycles. The summed E-state index contributed by atoms with van der Waals surface area (Å²) in [5.74, 6) is 0. The summed E-state index contributed by atoms with van der Waals surface area (Å²) in [5.41, 5.74) is -2.13. The molecule has 0 bridgehead atoms. The molecule has 0 atom stereocenters. The molecule has 0 saturated heterocycles. The molecule has 0 radical (unpaired) electrons. The molecular formula is C19H20F3N3O4. The Bertz CT molecular complexity index is 908. The number of halogens is 3. The molecule has 7 nitrogen and oxygen atoms in total. The van der Waals surface area contributed by atoms with E-state index in [4.69, 9.17) is 4.74 Å². The van der Waals surface area contributed by atoms with Crippen LogP contribution in [0.5, 0.6) is 0 Å². The standard InChI is InChI=1S/C19H20F3N3O4/c1-18(2,3)29-17(26)24-15-9-8-13(10-14(15)19(20,21)22)23-11-12-6-4-5-7-16(12)25(27)28/h4-10,23H,11H2,1-3H3,(H,24,26). The highest BCUT2D eigenvalue weighted by atomic mass is 19.4. The van der Waals surface area contributed by atoms with Crippen LogP contribution in [0.25, 0.3) is 0 Å². The Morgan fingerprint density at radius 1 is 1.14 bits per heavy atom. The average Bonchev–Trinajstić information content (AvgIpc) is 2.58. The molecule has 0 saturated carbocycles. The molecule has 0 aliphatic rings. The van der Waals surface area contributed by atoms with Gasteiger partial charge in [0.25, 0.3) is 5.69 Å². The highest BCUT2D eigenvalue weighted by molar-refractivity contribution is 5.86. The molecule has 2 N–H and O–H groups in total. The second-order valence-electron chi connectivity index (χ2n) is 7.12. The summed E-state index contributed by atoms with van der Waals surface area (Å²) in [5, 5.41) is 15.9. The van der Waals surface area contributed by atoms with Crippen LogP contribution in [0.3, 0.4) is 0 Å². The van der Waals surface area contributed by atoms with Crippen molar-refractivity contribution in [1.82, 2.24) is 0 Å². The van der Waals surface area contributed by atoms with Gasteiger partial charge in [-0.1, -0.05) is 18.2 Å². The van der Waals surface area contributed by atoms with Crippen LogP contribution in [0.4, 0.5) is 35.0 Å². The van der Waals surface area contributed by atoms with Gasteiger partial charge in [-0.05, 0) is 39.0 Å². The zero-order valence-corrected chi connectivity index (χ0v) is 16.0. The van der Waals surface area contributed by atoms with Crippen molar-refractivity contribution < 1.29 is 27.6 Å². The molecule has 0 aromatic heterocycles. The van der Waals surface area contributed by atoms with E-state index in [1.807, 2.05) is 0 Å². The molecule has 0 unspecified atom stereocenters. The van der Waals surface area contributed by atoms with Crippen molar-refractivity contribution in [2.45, 2.75) is 39.1 Å². The third-order valence-corrected chi connectivity index (χ3v) is 3.63. The van der Waals surface area contributed by atoms with Crippen molar-refractivity contribution in [3.8, 4) is 0 Å². The quantitative estimate of drug-likeness (QED) is 0.495. The fourth-order valence-corrected chi connectivity index (χ4v) is 2.45. The number of hydrogen-bond acceptors (Lipinski definition) is 5. The van der Waals surface area contributed by atoms with Gasteiger partial charge in [0.2, 0.25) is 0 Å². The van der Waals surface area contributed by atoms with Gasteiger partial charge in [0.05, 0.1) is 16.2 Å². The summed E-state index contributed by atoms with van der Waals surface area (Å²) >= 11 is 0. The second kappa shape index (κ2) is 8.38. The zero-order chi connectivity index (χ0) is 21.8. The van der Waals surface area contributed by atoms with Crippen LogP contribution >= 0.6 is 0 Å². The molecule has 0 heterocycles. The first-order chi connectivity index (χ1) is 13.4. The lowest BCUT2D eigenvalue weighted by atomic mass is 10.1. The van der Waals surface area contributed by atoms with Crippen molar-refractivity contribution in [1.29, 1.82) is 0 Å². The topological polar surface area (TPSA) is 93.5 Å². The fourth-order valence-electron chi connectivity index (χ4n) is 2.45. The lowest BCUT2D eigenvalue weighted by Crippen LogP contribution is -2.28. The summed E-state index contributed by atoms with van der Waals surface area (Å²) < 4.78 is 45.3. The zero-order valence-electron chi connectivity index (χ0n) is 16.0. The first-order valence-corrected chi connectivity index (χ1v) is 8.54. The van der Waals surface area contributed by atoms with Crippen LogP contribution in [-0.4, -0.2) is 16.6 Å². The maximum atomic E-state index is 13.4. The number of benzene rings is 2. The molecular weight excluding hydrogens is 391 g/mol. The molecule has 29 heavy (non-hydrogen) atoms. The minimum atomic E-state index is -4.74. The molecule has 2 aromatic rings. The molecule has 156 valence electrons. The van der Waals surface area contributed by atoms with Gasteiger partial charge in [0.1, 0.15) is 5.60 Å². The first-order valence-electron chi connectivity index (χ1n) is 8.54. The largest absolute Gasteiger partial charge is 0.444 e.